The first kappa shape index (κ1) is 13.5. The van der Waals surface area contributed by atoms with Crippen LogP contribution in [0.15, 0.2) is 29.2 Å². The number of benzene rings is 1. The second kappa shape index (κ2) is 5.82. The Balaban J connectivity index is 2.03. The molecule has 1 aromatic carbocycles. The Morgan fingerprint density at radius 2 is 1.83 bits per heavy atom. The molecular weight excluding hydrogens is 252 g/mol. The van der Waals surface area contributed by atoms with E-state index in [0.29, 0.717) is 5.92 Å². The first-order valence-corrected chi connectivity index (χ1v) is 7.50. The van der Waals surface area contributed by atoms with Gasteiger partial charge in [-0.15, -0.1) is 0 Å². The Morgan fingerprint density at radius 1 is 1.22 bits per heavy atom. The van der Waals surface area contributed by atoms with Gasteiger partial charge < -0.3 is 4.74 Å². The summed E-state index contributed by atoms with van der Waals surface area (Å²) >= 11 is 0. The largest absolute Gasteiger partial charge is 0.381 e. The van der Waals surface area contributed by atoms with E-state index in [9.17, 15) is 8.42 Å². The van der Waals surface area contributed by atoms with Gasteiger partial charge in [-0.3, -0.25) is 4.18 Å². The van der Waals surface area contributed by atoms with Crippen LogP contribution in [0.3, 0.4) is 0 Å². The minimum atomic E-state index is -3.57. The predicted octanol–water partition coefficient (Wildman–Crippen LogP) is 1.99. The molecule has 0 aliphatic carbocycles. The van der Waals surface area contributed by atoms with Crippen molar-refractivity contribution in [2.45, 2.75) is 24.2 Å². The maximum absolute atomic E-state index is 11.5. The maximum Gasteiger partial charge on any atom is 0.296 e. The molecular formula is C13H18O4S. The van der Waals surface area contributed by atoms with Gasteiger partial charge in [0, 0.05) is 13.2 Å². The van der Waals surface area contributed by atoms with Crippen LogP contribution in [-0.2, 0) is 25.5 Å². The topological polar surface area (TPSA) is 52.6 Å². The van der Waals surface area contributed by atoms with Crippen LogP contribution in [0, 0.1) is 5.92 Å². The summed E-state index contributed by atoms with van der Waals surface area (Å²) in [4.78, 5) is 0.209. The fraction of sp³-hybridized carbons (Fsp3) is 0.538. The summed E-state index contributed by atoms with van der Waals surface area (Å²) in [6, 6.07) is 6.93. The van der Waals surface area contributed by atoms with Gasteiger partial charge in [-0.25, -0.2) is 0 Å². The van der Waals surface area contributed by atoms with Gasteiger partial charge in [0.05, 0.1) is 12.0 Å². The lowest BCUT2D eigenvalue weighted by Crippen LogP contribution is -2.17. The molecule has 1 aromatic rings. The average molecular weight is 270 g/mol. The van der Waals surface area contributed by atoms with Crippen LogP contribution in [0.25, 0.3) is 0 Å². The van der Waals surface area contributed by atoms with E-state index in [4.69, 9.17) is 4.74 Å². The quantitative estimate of drug-likeness (QED) is 0.785. The minimum absolute atomic E-state index is 0.209. The first-order valence-electron chi connectivity index (χ1n) is 6.09. The molecule has 18 heavy (non-hydrogen) atoms. The molecule has 100 valence electrons. The summed E-state index contributed by atoms with van der Waals surface area (Å²) in [7, 11) is -2.40. The highest BCUT2D eigenvalue weighted by Gasteiger charge is 2.16. The second-order valence-corrected chi connectivity index (χ2v) is 6.24. The van der Waals surface area contributed by atoms with E-state index in [1.54, 1.807) is 12.1 Å². The molecule has 4 nitrogen and oxygen atoms in total. The molecule has 1 heterocycles. The summed E-state index contributed by atoms with van der Waals surface area (Å²) in [6.45, 7) is 1.67. The molecule has 0 spiro atoms. The molecule has 1 fully saturated rings. The van der Waals surface area contributed by atoms with E-state index in [0.717, 1.165) is 38.0 Å². The molecule has 1 saturated heterocycles. The molecule has 0 N–H and O–H groups in total. The lowest BCUT2D eigenvalue weighted by Gasteiger charge is -2.21. The van der Waals surface area contributed by atoms with E-state index >= 15 is 0 Å². The molecule has 0 radical (unpaired) electrons. The zero-order valence-corrected chi connectivity index (χ0v) is 11.3. The Kier molecular flexibility index (Phi) is 4.37. The highest BCUT2D eigenvalue weighted by atomic mass is 32.2. The Morgan fingerprint density at radius 3 is 2.39 bits per heavy atom. The van der Waals surface area contributed by atoms with Crippen molar-refractivity contribution >= 4 is 10.1 Å². The van der Waals surface area contributed by atoms with Gasteiger partial charge in [0.2, 0.25) is 0 Å². The summed E-state index contributed by atoms with van der Waals surface area (Å²) in [5, 5.41) is 0. The molecule has 5 heteroatoms. The average Bonchev–Trinajstić information content (AvgIpc) is 2.40. The lowest BCUT2D eigenvalue weighted by molar-refractivity contribution is 0.0665. The van der Waals surface area contributed by atoms with Crippen molar-refractivity contribution in [2.75, 3.05) is 20.3 Å². The highest BCUT2D eigenvalue weighted by Crippen LogP contribution is 2.21. The van der Waals surface area contributed by atoms with Crippen molar-refractivity contribution in [2.24, 2.45) is 5.92 Å². The smallest absolute Gasteiger partial charge is 0.296 e. The Bertz CT molecular complexity index is 472. The van der Waals surface area contributed by atoms with Crippen molar-refractivity contribution in [3.63, 3.8) is 0 Å². The molecule has 2 rings (SSSR count). The van der Waals surface area contributed by atoms with E-state index in [2.05, 4.69) is 4.18 Å². The molecule has 0 atom stereocenters. The molecule has 0 aromatic heterocycles. The van der Waals surface area contributed by atoms with Crippen molar-refractivity contribution in [1.82, 2.24) is 0 Å². The van der Waals surface area contributed by atoms with Gasteiger partial charge >= 0.3 is 0 Å². The number of hydrogen-bond acceptors (Lipinski definition) is 4. The molecule has 0 unspecified atom stereocenters. The Labute approximate surface area is 108 Å². The van der Waals surface area contributed by atoms with Crippen LogP contribution >= 0.6 is 0 Å². The molecule has 0 bridgehead atoms. The number of ether oxygens (including phenoxy) is 1. The van der Waals surface area contributed by atoms with Crippen LogP contribution in [0.2, 0.25) is 0 Å². The zero-order valence-electron chi connectivity index (χ0n) is 10.5. The van der Waals surface area contributed by atoms with Gasteiger partial charge in [-0.05, 0) is 42.9 Å². The summed E-state index contributed by atoms with van der Waals surface area (Å²) in [6.07, 6.45) is 3.15. The fourth-order valence-corrected chi connectivity index (χ4v) is 2.83. The van der Waals surface area contributed by atoms with Crippen LogP contribution < -0.4 is 0 Å². The normalized spacial score (nSPS) is 17.8. The summed E-state index contributed by atoms with van der Waals surface area (Å²) in [5.41, 5.74) is 1.16. The monoisotopic (exact) mass is 270 g/mol. The third-order valence-electron chi connectivity index (χ3n) is 3.30. The zero-order chi connectivity index (χ0) is 13.0. The van der Waals surface area contributed by atoms with E-state index in [-0.39, 0.29) is 4.90 Å². The van der Waals surface area contributed by atoms with Crippen molar-refractivity contribution in [3.8, 4) is 0 Å². The Hall–Kier alpha value is -0.910. The number of hydrogen-bond donors (Lipinski definition) is 0. The third-order valence-corrected chi connectivity index (χ3v) is 4.59. The second-order valence-electron chi connectivity index (χ2n) is 4.52. The fourth-order valence-electron chi connectivity index (χ4n) is 2.17. The first-order chi connectivity index (χ1) is 8.62. The lowest BCUT2D eigenvalue weighted by atomic mass is 9.92. The predicted molar refractivity (Wildman–Crippen MR) is 67.9 cm³/mol. The van der Waals surface area contributed by atoms with E-state index in [1.165, 1.54) is 7.11 Å². The van der Waals surface area contributed by atoms with Crippen LogP contribution in [0.4, 0.5) is 0 Å². The molecule has 1 aliphatic rings. The summed E-state index contributed by atoms with van der Waals surface area (Å²) in [5.74, 6) is 0.642. The maximum atomic E-state index is 11.5. The third kappa shape index (κ3) is 3.31. The van der Waals surface area contributed by atoms with Gasteiger partial charge in [-0.1, -0.05) is 12.1 Å². The van der Waals surface area contributed by atoms with Crippen LogP contribution in [0.5, 0.6) is 0 Å². The minimum Gasteiger partial charge on any atom is -0.381 e. The number of rotatable bonds is 4. The van der Waals surface area contributed by atoms with Crippen LogP contribution in [0.1, 0.15) is 18.4 Å². The van der Waals surface area contributed by atoms with Gasteiger partial charge in [0.25, 0.3) is 10.1 Å². The molecule has 0 saturated carbocycles. The van der Waals surface area contributed by atoms with Crippen molar-refractivity contribution in [1.29, 1.82) is 0 Å². The van der Waals surface area contributed by atoms with E-state index < -0.39 is 10.1 Å². The SMILES string of the molecule is COS(=O)(=O)c1ccc(CC2CCOCC2)cc1. The van der Waals surface area contributed by atoms with Crippen molar-refractivity contribution < 1.29 is 17.3 Å². The molecule has 1 aliphatic heterocycles. The standard InChI is InChI=1S/C13H18O4S/c1-16-18(14,15)13-4-2-11(3-5-13)10-12-6-8-17-9-7-12/h2-5,12H,6-10H2,1H3. The van der Waals surface area contributed by atoms with Gasteiger partial charge in [-0.2, -0.15) is 8.42 Å². The highest BCUT2D eigenvalue weighted by molar-refractivity contribution is 7.86. The van der Waals surface area contributed by atoms with Crippen LogP contribution in [-0.4, -0.2) is 28.7 Å². The van der Waals surface area contributed by atoms with Gasteiger partial charge in [0.1, 0.15) is 0 Å². The van der Waals surface area contributed by atoms with E-state index in [1.807, 2.05) is 12.1 Å². The summed E-state index contributed by atoms with van der Waals surface area (Å²) < 4.78 is 32.7. The van der Waals surface area contributed by atoms with Gasteiger partial charge in [0.15, 0.2) is 0 Å². The van der Waals surface area contributed by atoms with Crippen molar-refractivity contribution in [3.05, 3.63) is 29.8 Å². The molecule has 0 amide bonds.